The van der Waals surface area contributed by atoms with Crippen molar-refractivity contribution in [3.8, 4) is 11.5 Å². The third kappa shape index (κ3) is 6.57. The van der Waals surface area contributed by atoms with Crippen LogP contribution in [0.5, 0.6) is 11.5 Å². The molecule has 0 unspecified atom stereocenters. The SMILES string of the molecule is CS(=O)(=O)c1ccc(Oc2ccc(Nc3ccc(CCC(=O)O)cn3)cc2CN2CCCC2=O)cn1. The van der Waals surface area contributed by atoms with Crippen molar-refractivity contribution in [3.63, 3.8) is 0 Å². The largest absolute Gasteiger partial charge is 0.481 e. The first-order valence-corrected chi connectivity index (χ1v) is 13.2. The third-order valence-corrected chi connectivity index (χ3v) is 6.64. The number of ether oxygens (including phenoxy) is 1. The Morgan fingerprint density at radius 3 is 2.58 bits per heavy atom. The van der Waals surface area contributed by atoms with Crippen molar-refractivity contribution in [1.29, 1.82) is 0 Å². The van der Waals surface area contributed by atoms with Gasteiger partial charge in [0.1, 0.15) is 17.3 Å². The number of nitrogens with zero attached hydrogens (tertiary/aromatic N) is 3. The zero-order valence-electron chi connectivity index (χ0n) is 19.7. The van der Waals surface area contributed by atoms with E-state index in [4.69, 9.17) is 9.84 Å². The number of rotatable bonds is 10. The first kappa shape index (κ1) is 25.1. The first-order chi connectivity index (χ1) is 17.2. The van der Waals surface area contributed by atoms with E-state index in [0.29, 0.717) is 43.2 Å². The molecule has 0 atom stereocenters. The minimum Gasteiger partial charge on any atom is -0.481 e. The minimum atomic E-state index is -3.42. The van der Waals surface area contributed by atoms with E-state index in [1.54, 1.807) is 23.2 Å². The summed E-state index contributed by atoms with van der Waals surface area (Å²) in [4.78, 5) is 33.1. The maximum absolute atomic E-state index is 12.2. The van der Waals surface area contributed by atoms with Crippen LogP contribution in [0, 0.1) is 0 Å². The molecule has 1 saturated heterocycles. The van der Waals surface area contributed by atoms with E-state index < -0.39 is 15.8 Å². The molecule has 11 heteroatoms. The van der Waals surface area contributed by atoms with Gasteiger partial charge in [0.05, 0.1) is 6.20 Å². The topological polar surface area (TPSA) is 139 Å². The molecule has 2 aromatic heterocycles. The summed E-state index contributed by atoms with van der Waals surface area (Å²) < 4.78 is 29.3. The summed E-state index contributed by atoms with van der Waals surface area (Å²) in [7, 11) is -3.42. The number of aryl methyl sites for hydroxylation is 1. The lowest BCUT2D eigenvalue weighted by atomic mass is 10.1. The van der Waals surface area contributed by atoms with Crippen LogP contribution in [0.15, 0.2) is 59.9 Å². The highest BCUT2D eigenvalue weighted by atomic mass is 32.2. The molecular formula is C25H26N4O6S. The lowest BCUT2D eigenvalue weighted by molar-refractivity contribution is -0.137. The van der Waals surface area contributed by atoms with Gasteiger partial charge in [-0.05, 0) is 54.8 Å². The number of carbonyl (C=O) groups is 2. The van der Waals surface area contributed by atoms with Crippen molar-refractivity contribution >= 4 is 33.2 Å². The molecule has 3 heterocycles. The summed E-state index contributed by atoms with van der Waals surface area (Å²) in [6, 6.07) is 12.0. The predicted octanol–water partition coefficient (Wildman–Crippen LogP) is 3.56. The number of aliphatic carboxylic acids is 1. The highest BCUT2D eigenvalue weighted by Crippen LogP contribution is 2.31. The van der Waals surface area contributed by atoms with Crippen molar-refractivity contribution in [1.82, 2.24) is 14.9 Å². The van der Waals surface area contributed by atoms with Crippen LogP contribution in [-0.4, -0.2) is 53.1 Å². The maximum atomic E-state index is 12.2. The molecule has 10 nitrogen and oxygen atoms in total. The van der Waals surface area contributed by atoms with Gasteiger partial charge in [0.15, 0.2) is 14.9 Å². The molecule has 0 bridgehead atoms. The molecule has 4 rings (SSSR count). The molecule has 1 aliphatic heterocycles. The van der Waals surface area contributed by atoms with E-state index in [0.717, 1.165) is 29.5 Å². The van der Waals surface area contributed by atoms with E-state index in [1.165, 1.54) is 18.3 Å². The van der Waals surface area contributed by atoms with Crippen LogP contribution >= 0.6 is 0 Å². The van der Waals surface area contributed by atoms with Crippen LogP contribution in [0.3, 0.4) is 0 Å². The summed E-state index contributed by atoms with van der Waals surface area (Å²) >= 11 is 0. The molecule has 188 valence electrons. The van der Waals surface area contributed by atoms with E-state index in [2.05, 4.69) is 15.3 Å². The van der Waals surface area contributed by atoms with Gasteiger partial charge >= 0.3 is 5.97 Å². The highest BCUT2D eigenvalue weighted by molar-refractivity contribution is 7.90. The standard InChI is InChI=1S/C25H26N4O6S/c1-36(33,34)23-10-7-20(15-27-23)35-21-8-6-19(13-18(21)16-29-12-2-3-24(29)30)28-22-9-4-17(14-26-22)5-11-25(31)32/h4,6-10,13-15H,2-3,5,11-12,16H2,1H3,(H,26,28)(H,31,32). The number of pyridine rings is 2. The van der Waals surface area contributed by atoms with Crippen LogP contribution in [0.4, 0.5) is 11.5 Å². The summed E-state index contributed by atoms with van der Waals surface area (Å²) in [6.07, 6.45) is 5.85. The maximum Gasteiger partial charge on any atom is 0.303 e. The van der Waals surface area contributed by atoms with Gasteiger partial charge in [-0.25, -0.2) is 18.4 Å². The normalized spacial score (nSPS) is 13.6. The molecule has 36 heavy (non-hydrogen) atoms. The average molecular weight is 511 g/mol. The highest BCUT2D eigenvalue weighted by Gasteiger charge is 2.22. The number of carboxylic acids is 1. The number of carbonyl (C=O) groups excluding carboxylic acids is 1. The number of aromatic nitrogens is 2. The molecule has 1 fully saturated rings. The molecule has 2 N–H and O–H groups in total. The second-order valence-electron chi connectivity index (χ2n) is 8.52. The van der Waals surface area contributed by atoms with Crippen molar-refractivity contribution < 1.29 is 27.9 Å². The minimum absolute atomic E-state index is 0.0427. The fraction of sp³-hybridized carbons (Fsp3) is 0.280. The molecule has 0 saturated carbocycles. The van der Waals surface area contributed by atoms with E-state index in [1.807, 2.05) is 18.2 Å². The zero-order valence-corrected chi connectivity index (χ0v) is 20.5. The molecule has 0 spiro atoms. The van der Waals surface area contributed by atoms with Gasteiger partial charge in [0.2, 0.25) is 5.91 Å². The third-order valence-electron chi connectivity index (χ3n) is 5.63. The Hall–Kier alpha value is -3.99. The second kappa shape index (κ2) is 10.7. The van der Waals surface area contributed by atoms with Crippen molar-refractivity contribution in [3.05, 3.63) is 66.0 Å². The van der Waals surface area contributed by atoms with E-state index in [9.17, 15) is 18.0 Å². The number of anilines is 2. The van der Waals surface area contributed by atoms with E-state index >= 15 is 0 Å². The molecule has 1 aromatic carbocycles. The van der Waals surface area contributed by atoms with Crippen LogP contribution in [0.1, 0.15) is 30.4 Å². The summed E-state index contributed by atoms with van der Waals surface area (Å²) in [5.41, 5.74) is 2.33. The second-order valence-corrected chi connectivity index (χ2v) is 10.5. The fourth-order valence-electron chi connectivity index (χ4n) is 3.78. The number of carboxylic acid groups (broad SMARTS) is 1. The molecule has 0 aliphatic carbocycles. The van der Waals surface area contributed by atoms with Gasteiger partial charge in [-0.1, -0.05) is 6.07 Å². The Morgan fingerprint density at radius 1 is 1.14 bits per heavy atom. The van der Waals surface area contributed by atoms with Crippen molar-refractivity contribution in [2.75, 3.05) is 18.1 Å². The van der Waals surface area contributed by atoms with Gasteiger partial charge < -0.3 is 20.1 Å². The first-order valence-electron chi connectivity index (χ1n) is 11.4. The molecule has 3 aromatic rings. The number of hydrogen-bond acceptors (Lipinski definition) is 8. The summed E-state index contributed by atoms with van der Waals surface area (Å²) in [5.74, 6) is 0.705. The Kier molecular flexibility index (Phi) is 7.49. The Labute approximate surface area is 208 Å². The van der Waals surface area contributed by atoms with Gasteiger partial charge in [-0.15, -0.1) is 0 Å². The van der Waals surface area contributed by atoms with Gasteiger partial charge in [0, 0.05) is 49.6 Å². The van der Waals surface area contributed by atoms with Crippen molar-refractivity contribution in [2.45, 2.75) is 37.3 Å². The smallest absolute Gasteiger partial charge is 0.303 e. The van der Waals surface area contributed by atoms with Crippen molar-refractivity contribution in [2.24, 2.45) is 0 Å². The Bertz CT molecular complexity index is 1360. The molecule has 1 amide bonds. The Morgan fingerprint density at radius 2 is 1.97 bits per heavy atom. The molecule has 1 aliphatic rings. The number of hydrogen-bond donors (Lipinski definition) is 2. The quantitative estimate of drug-likeness (QED) is 0.419. The number of likely N-dealkylation sites (tertiary alicyclic amines) is 1. The molecular weight excluding hydrogens is 484 g/mol. The van der Waals surface area contributed by atoms with E-state index in [-0.39, 0.29) is 17.4 Å². The monoisotopic (exact) mass is 510 g/mol. The van der Waals surface area contributed by atoms with Crippen LogP contribution in [0.25, 0.3) is 0 Å². The predicted molar refractivity (Wildman–Crippen MR) is 132 cm³/mol. The number of benzene rings is 1. The lowest BCUT2D eigenvalue weighted by Gasteiger charge is -2.19. The number of sulfone groups is 1. The van der Waals surface area contributed by atoms with Gasteiger partial charge in [-0.2, -0.15) is 0 Å². The summed E-state index contributed by atoms with van der Waals surface area (Å²) in [5, 5.41) is 12.0. The summed E-state index contributed by atoms with van der Waals surface area (Å²) in [6.45, 7) is 1.03. The van der Waals surface area contributed by atoms with Gasteiger partial charge in [0.25, 0.3) is 0 Å². The molecule has 0 radical (unpaired) electrons. The number of amides is 1. The van der Waals surface area contributed by atoms with Crippen LogP contribution < -0.4 is 10.1 Å². The fourth-order valence-corrected chi connectivity index (χ4v) is 4.34. The van der Waals surface area contributed by atoms with Crippen LogP contribution in [0.2, 0.25) is 0 Å². The zero-order chi connectivity index (χ0) is 25.7. The Balaban J connectivity index is 1.54. The van der Waals surface area contributed by atoms with Gasteiger partial charge in [-0.3, -0.25) is 9.59 Å². The number of nitrogens with one attached hydrogen (secondary N) is 1. The lowest BCUT2D eigenvalue weighted by Crippen LogP contribution is -2.24. The average Bonchev–Trinajstić information content (AvgIpc) is 3.24. The van der Waals surface area contributed by atoms with Crippen LogP contribution in [-0.2, 0) is 32.4 Å².